The van der Waals surface area contributed by atoms with E-state index >= 15 is 0 Å². The third-order valence-electron chi connectivity index (χ3n) is 3.84. The summed E-state index contributed by atoms with van der Waals surface area (Å²) >= 11 is 6.00. The van der Waals surface area contributed by atoms with E-state index in [1.165, 1.54) is 6.07 Å². The minimum atomic E-state index is -0.691. The molecule has 2 nitrogen and oxygen atoms in total. The Labute approximate surface area is 122 Å². The van der Waals surface area contributed by atoms with Crippen LogP contribution in [0.3, 0.4) is 0 Å². The van der Waals surface area contributed by atoms with Gasteiger partial charge in [0.2, 0.25) is 5.91 Å². The van der Waals surface area contributed by atoms with Gasteiger partial charge in [-0.15, -0.1) is 11.6 Å². The number of rotatable bonds is 4. The number of amides is 1. The van der Waals surface area contributed by atoms with Crippen LogP contribution in [0.25, 0.3) is 0 Å². The molecule has 1 aliphatic rings. The lowest BCUT2D eigenvalue weighted by Crippen LogP contribution is -2.51. The molecule has 0 heterocycles. The van der Waals surface area contributed by atoms with Gasteiger partial charge in [-0.2, -0.15) is 0 Å². The maximum atomic E-state index is 13.5. The van der Waals surface area contributed by atoms with Crippen molar-refractivity contribution < 1.29 is 13.6 Å². The Balaban J connectivity index is 2.00. The standard InChI is InChI=1S/C15H18ClF2NO/c16-10-15(6-2-1-3-7-15)19-14(20)8-11-4-5-12(17)9-13(11)18/h4-5,9H,1-3,6-8,10H2,(H,19,20). The minimum Gasteiger partial charge on any atom is -0.349 e. The van der Waals surface area contributed by atoms with E-state index < -0.39 is 11.6 Å². The Hall–Kier alpha value is -1.16. The fourth-order valence-corrected chi connectivity index (χ4v) is 3.03. The van der Waals surface area contributed by atoms with Gasteiger partial charge in [-0.25, -0.2) is 8.78 Å². The molecule has 0 atom stereocenters. The molecule has 2 rings (SSSR count). The Morgan fingerprint density at radius 2 is 1.95 bits per heavy atom. The maximum absolute atomic E-state index is 13.5. The van der Waals surface area contributed by atoms with E-state index in [-0.39, 0.29) is 23.4 Å². The predicted octanol–water partition coefficient (Wildman–Crippen LogP) is 3.57. The molecule has 1 aromatic rings. The van der Waals surface area contributed by atoms with E-state index in [1.54, 1.807) is 0 Å². The molecular weight excluding hydrogens is 284 g/mol. The summed E-state index contributed by atoms with van der Waals surface area (Å²) < 4.78 is 26.3. The summed E-state index contributed by atoms with van der Waals surface area (Å²) in [5, 5.41) is 2.94. The van der Waals surface area contributed by atoms with Crippen LogP contribution in [0.5, 0.6) is 0 Å². The average Bonchev–Trinajstić information content (AvgIpc) is 2.43. The second kappa shape index (κ2) is 6.53. The predicted molar refractivity (Wildman–Crippen MR) is 74.7 cm³/mol. The van der Waals surface area contributed by atoms with E-state index in [0.29, 0.717) is 5.88 Å². The third kappa shape index (κ3) is 3.69. The summed E-state index contributed by atoms with van der Waals surface area (Å²) in [4.78, 5) is 12.1. The molecule has 0 radical (unpaired) electrons. The Morgan fingerprint density at radius 3 is 2.55 bits per heavy atom. The zero-order valence-electron chi connectivity index (χ0n) is 11.2. The van der Waals surface area contributed by atoms with Gasteiger partial charge in [0.15, 0.2) is 0 Å². The molecule has 1 saturated carbocycles. The number of carbonyl (C=O) groups is 1. The van der Waals surface area contributed by atoms with Crippen LogP contribution in [0, 0.1) is 11.6 Å². The Morgan fingerprint density at radius 1 is 1.25 bits per heavy atom. The topological polar surface area (TPSA) is 29.1 Å². The first kappa shape index (κ1) is 15.2. The number of alkyl halides is 1. The van der Waals surface area contributed by atoms with Crippen LogP contribution in [-0.4, -0.2) is 17.3 Å². The number of nitrogens with one attached hydrogen (secondary N) is 1. The van der Waals surface area contributed by atoms with Crippen molar-refractivity contribution >= 4 is 17.5 Å². The molecule has 1 N–H and O–H groups in total. The van der Waals surface area contributed by atoms with Crippen molar-refractivity contribution in [3.8, 4) is 0 Å². The molecular formula is C15H18ClF2NO. The second-order valence-electron chi connectivity index (χ2n) is 5.44. The average molecular weight is 302 g/mol. The zero-order chi connectivity index (χ0) is 14.6. The van der Waals surface area contributed by atoms with Crippen molar-refractivity contribution in [2.45, 2.75) is 44.1 Å². The second-order valence-corrected chi connectivity index (χ2v) is 5.70. The van der Waals surface area contributed by atoms with Crippen molar-refractivity contribution in [1.82, 2.24) is 5.32 Å². The number of hydrogen-bond donors (Lipinski definition) is 1. The lowest BCUT2D eigenvalue weighted by atomic mass is 9.83. The number of hydrogen-bond acceptors (Lipinski definition) is 1. The van der Waals surface area contributed by atoms with Gasteiger partial charge < -0.3 is 5.32 Å². The van der Waals surface area contributed by atoms with Crippen LogP contribution in [0.2, 0.25) is 0 Å². The first-order chi connectivity index (χ1) is 9.54. The number of halogens is 3. The van der Waals surface area contributed by atoms with E-state index in [0.717, 1.165) is 44.2 Å². The van der Waals surface area contributed by atoms with Gasteiger partial charge in [0, 0.05) is 11.9 Å². The van der Waals surface area contributed by atoms with Gasteiger partial charge in [0.1, 0.15) is 11.6 Å². The molecule has 0 aromatic heterocycles. The Kier molecular flexibility index (Phi) is 4.97. The van der Waals surface area contributed by atoms with E-state index in [1.807, 2.05) is 0 Å². The highest BCUT2D eigenvalue weighted by molar-refractivity contribution is 6.18. The van der Waals surface area contributed by atoms with Crippen LogP contribution < -0.4 is 5.32 Å². The SMILES string of the molecule is O=C(Cc1ccc(F)cc1F)NC1(CCl)CCCCC1. The molecule has 0 unspecified atom stereocenters. The molecule has 1 amide bonds. The molecule has 1 aliphatic carbocycles. The van der Waals surface area contributed by atoms with Crippen LogP contribution in [0.1, 0.15) is 37.7 Å². The van der Waals surface area contributed by atoms with Gasteiger partial charge in [-0.05, 0) is 24.5 Å². The van der Waals surface area contributed by atoms with Crippen LogP contribution in [-0.2, 0) is 11.2 Å². The van der Waals surface area contributed by atoms with Gasteiger partial charge in [0.25, 0.3) is 0 Å². The lowest BCUT2D eigenvalue weighted by Gasteiger charge is -2.36. The highest BCUT2D eigenvalue weighted by Gasteiger charge is 2.32. The van der Waals surface area contributed by atoms with Crippen LogP contribution in [0.15, 0.2) is 18.2 Å². The summed E-state index contributed by atoms with van der Waals surface area (Å²) in [5.74, 6) is -1.23. The lowest BCUT2D eigenvalue weighted by molar-refractivity contribution is -0.122. The number of carbonyl (C=O) groups excluding carboxylic acids is 1. The monoisotopic (exact) mass is 301 g/mol. The Bertz CT molecular complexity index is 487. The quantitative estimate of drug-likeness (QED) is 0.847. The molecule has 1 fully saturated rings. The summed E-state index contributed by atoms with van der Waals surface area (Å²) in [6.07, 6.45) is 4.85. The van der Waals surface area contributed by atoms with E-state index in [4.69, 9.17) is 11.6 Å². The molecule has 5 heteroatoms. The first-order valence-corrected chi connectivity index (χ1v) is 7.39. The molecule has 0 aliphatic heterocycles. The molecule has 1 aromatic carbocycles. The van der Waals surface area contributed by atoms with Gasteiger partial charge in [-0.3, -0.25) is 4.79 Å². The van der Waals surface area contributed by atoms with Crippen molar-refractivity contribution in [2.24, 2.45) is 0 Å². The molecule has 0 saturated heterocycles. The normalized spacial score (nSPS) is 17.8. The number of benzene rings is 1. The highest BCUT2D eigenvalue weighted by Crippen LogP contribution is 2.29. The fraction of sp³-hybridized carbons (Fsp3) is 0.533. The van der Waals surface area contributed by atoms with Crippen molar-refractivity contribution in [2.75, 3.05) is 5.88 Å². The van der Waals surface area contributed by atoms with Crippen molar-refractivity contribution in [3.63, 3.8) is 0 Å². The van der Waals surface area contributed by atoms with Gasteiger partial charge in [0.05, 0.1) is 12.0 Å². The van der Waals surface area contributed by atoms with Crippen molar-refractivity contribution in [1.29, 1.82) is 0 Å². The molecule has 0 bridgehead atoms. The minimum absolute atomic E-state index is 0.0925. The summed E-state index contributed by atoms with van der Waals surface area (Å²) in [5.41, 5.74) is -0.169. The van der Waals surface area contributed by atoms with Crippen LogP contribution in [0.4, 0.5) is 8.78 Å². The summed E-state index contributed by atoms with van der Waals surface area (Å²) in [7, 11) is 0. The van der Waals surface area contributed by atoms with Crippen molar-refractivity contribution in [3.05, 3.63) is 35.4 Å². The summed E-state index contributed by atoms with van der Waals surface area (Å²) in [6, 6.07) is 3.25. The fourth-order valence-electron chi connectivity index (χ4n) is 2.70. The van der Waals surface area contributed by atoms with E-state index in [9.17, 15) is 13.6 Å². The van der Waals surface area contributed by atoms with E-state index in [2.05, 4.69) is 5.32 Å². The van der Waals surface area contributed by atoms with Crippen LogP contribution >= 0.6 is 11.6 Å². The largest absolute Gasteiger partial charge is 0.349 e. The van der Waals surface area contributed by atoms with Gasteiger partial charge >= 0.3 is 0 Å². The smallest absolute Gasteiger partial charge is 0.224 e. The molecule has 20 heavy (non-hydrogen) atoms. The molecule has 110 valence electrons. The molecule has 0 spiro atoms. The third-order valence-corrected chi connectivity index (χ3v) is 4.35. The maximum Gasteiger partial charge on any atom is 0.224 e. The first-order valence-electron chi connectivity index (χ1n) is 6.86. The highest BCUT2D eigenvalue weighted by atomic mass is 35.5. The summed E-state index contributed by atoms with van der Waals surface area (Å²) in [6.45, 7) is 0. The zero-order valence-corrected chi connectivity index (χ0v) is 12.0. The van der Waals surface area contributed by atoms with Gasteiger partial charge in [-0.1, -0.05) is 25.3 Å².